The first-order chi connectivity index (χ1) is 11.3. The van der Waals surface area contributed by atoms with Crippen LogP contribution in [0.3, 0.4) is 0 Å². The van der Waals surface area contributed by atoms with Gasteiger partial charge in [-0.1, -0.05) is 34.8 Å². The first-order valence-corrected chi connectivity index (χ1v) is 8.72. The van der Waals surface area contributed by atoms with Gasteiger partial charge in [-0.3, -0.25) is 9.59 Å². The minimum atomic E-state index is -0.345. The van der Waals surface area contributed by atoms with Gasteiger partial charge in [0.1, 0.15) is 0 Å². The zero-order chi connectivity index (χ0) is 17.9. The number of benzene rings is 1. The van der Waals surface area contributed by atoms with Gasteiger partial charge < -0.3 is 10.2 Å². The third-order valence-corrected chi connectivity index (χ3v) is 5.05. The zero-order valence-electron chi connectivity index (χ0n) is 13.5. The summed E-state index contributed by atoms with van der Waals surface area (Å²) in [7, 11) is 3.91. The van der Waals surface area contributed by atoms with E-state index in [1.807, 2.05) is 19.0 Å². The molecule has 0 bridgehead atoms. The van der Waals surface area contributed by atoms with E-state index >= 15 is 0 Å². The molecule has 1 aliphatic rings. The minimum Gasteiger partial charge on any atom is -0.389 e. The molecule has 4 nitrogen and oxygen atoms in total. The number of hydrogen-bond donors (Lipinski definition) is 1. The molecular weight excluding hydrogens is 371 g/mol. The molecule has 0 saturated heterocycles. The first-order valence-electron chi connectivity index (χ1n) is 7.59. The van der Waals surface area contributed by atoms with Gasteiger partial charge in [0.05, 0.1) is 15.6 Å². The Morgan fingerprint density at radius 1 is 1.12 bits per heavy atom. The maximum Gasteiger partial charge on any atom is 0.168 e. The molecule has 130 valence electrons. The number of rotatable bonds is 5. The highest BCUT2D eigenvalue weighted by Gasteiger charge is 2.33. The predicted molar refractivity (Wildman–Crippen MR) is 98.1 cm³/mol. The van der Waals surface area contributed by atoms with Crippen LogP contribution in [0, 0.1) is 0 Å². The molecule has 0 atom stereocenters. The lowest BCUT2D eigenvalue weighted by Crippen LogP contribution is -2.28. The summed E-state index contributed by atoms with van der Waals surface area (Å²) in [5.41, 5.74) is 0.784. The average Bonchev–Trinajstić information content (AvgIpc) is 2.49. The Balaban J connectivity index is 2.14. The number of carbonyl (C=O) groups excluding carboxylic acids is 2. The van der Waals surface area contributed by atoms with Crippen LogP contribution in [0.4, 0.5) is 0 Å². The van der Waals surface area contributed by atoms with Crippen LogP contribution in [0.15, 0.2) is 23.9 Å². The van der Waals surface area contributed by atoms with E-state index in [1.165, 1.54) is 6.20 Å². The summed E-state index contributed by atoms with van der Waals surface area (Å²) >= 11 is 18.5. The van der Waals surface area contributed by atoms with Crippen molar-refractivity contribution in [3.8, 4) is 0 Å². The van der Waals surface area contributed by atoms with Crippen LogP contribution in [-0.4, -0.2) is 43.7 Å². The Labute approximate surface area is 156 Å². The van der Waals surface area contributed by atoms with Crippen LogP contribution in [0.5, 0.6) is 0 Å². The van der Waals surface area contributed by atoms with Crippen LogP contribution < -0.4 is 5.32 Å². The fourth-order valence-electron chi connectivity index (χ4n) is 2.64. The van der Waals surface area contributed by atoms with Gasteiger partial charge >= 0.3 is 0 Å². The predicted octanol–water partition coefficient (Wildman–Crippen LogP) is 3.70. The van der Waals surface area contributed by atoms with Crippen molar-refractivity contribution < 1.29 is 9.59 Å². The van der Waals surface area contributed by atoms with Crippen LogP contribution in [0.2, 0.25) is 15.1 Å². The molecule has 24 heavy (non-hydrogen) atoms. The second-order valence-electron chi connectivity index (χ2n) is 6.02. The molecule has 2 rings (SSSR count). The molecule has 1 aliphatic carbocycles. The number of hydrogen-bond acceptors (Lipinski definition) is 4. The normalized spacial score (nSPS) is 18.2. The maximum absolute atomic E-state index is 12.4. The molecule has 1 aromatic carbocycles. The number of nitrogens with one attached hydrogen (secondary N) is 1. The third-order valence-electron chi connectivity index (χ3n) is 3.90. The summed E-state index contributed by atoms with van der Waals surface area (Å²) in [5.74, 6) is -0.760. The first kappa shape index (κ1) is 19.3. The van der Waals surface area contributed by atoms with E-state index in [0.29, 0.717) is 27.2 Å². The number of carbonyl (C=O) groups is 2. The zero-order valence-corrected chi connectivity index (χ0v) is 15.8. The van der Waals surface area contributed by atoms with E-state index in [1.54, 1.807) is 12.1 Å². The van der Waals surface area contributed by atoms with Gasteiger partial charge in [0.25, 0.3) is 0 Å². The van der Waals surface area contributed by atoms with Gasteiger partial charge in [0.2, 0.25) is 0 Å². The molecule has 0 unspecified atom stereocenters. The van der Waals surface area contributed by atoms with Crippen molar-refractivity contribution in [1.29, 1.82) is 0 Å². The molecule has 0 heterocycles. The summed E-state index contributed by atoms with van der Waals surface area (Å²) < 4.78 is 0. The van der Waals surface area contributed by atoms with E-state index in [2.05, 4.69) is 5.32 Å². The molecule has 7 heteroatoms. The number of ketones is 2. The molecule has 1 N–H and O–H groups in total. The van der Waals surface area contributed by atoms with Crippen molar-refractivity contribution in [1.82, 2.24) is 10.2 Å². The molecule has 1 aromatic rings. The van der Waals surface area contributed by atoms with Crippen molar-refractivity contribution in [3.63, 3.8) is 0 Å². The fraction of sp³-hybridized carbons (Fsp3) is 0.412. The van der Waals surface area contributed by atoms with E-state index in [-0.39, 0.29) is 35.9 Å². The van der Waals surface area contributed by atoms with E-state index in [0.717, 1.165) is 6.54 Å². The Morgan fingerprint density at radius 3 is 2.29 bits per heavy atom. The SMILES string of the molecule is CN(C)CCNC=C1C(=O)CC(c2c(Cl)ccc(Cl)c2Cl)CC1=O. The second-order valence-corrected chi connectivity index (χ2v) is 7.22. The monoisotopic (exact) mass is 388 g/mol. The second kappa shape index (κ2) is 8.34. The van der Waals surface area contributed by atoms with Crippen molar-refractivity contribution in [2.45, 2.75) is 18.8 Å². The van der Waals surface area contributed by atoms with Crippen LogP contribution >= 0.6 is 34.8 Å². The largest absolute Gasteiger partial charge is 0.389 e. The summed E-state index contributed by atoms with van der Waals surface area (Å²) in [6.07, 6.45) is 1.89. The van der Waals surface area contributed by atoms with Gasteiger partial charge in [-0.2, -0.15) is 0 Å². The molecule has 0 radical (unpaired) electrons. The standard InChI is InChI=1S/C17H19Cl3N2O2/c1-22(2)6-5-21-9-11-14(23)7-10(8-15(11)24)16-12(18)3-4-13(19)17(16)20/h3-4,9-10,21H,5-8H2,1-2H3. The quantitative estimate of drug-likeness (QED) is 0.361. The summed E-state index contributed by atoms with van der Waals surface area (Å²) in [4.78, 5) is 26.7. The molecule has 0 aliphatic heterocycles. The summed E-state index contributed by atoms with van der Waals surface area (Å²) in [6.45, 7) is 1.47. The van der Waals surface area contributed by atoms with Crippen LogP contribution in [-0.2, 0) is 9.59 Å². The Hall–Kier alpha value is -1.07. The molecule has 1 fully saturated rings. The highest BCUT2D eigenvalue weighted by molar-refractivity contribution is 6.44. The van der Waals surface area contributed by atoms with E-state index in [9.17, 15) is 9.59 Å². The van der Waals surface area contributed by atoms with Gasteiger partial charge in [-0.25, -0.2) is 0 Å². The fourth-order valence-corrected chi connectivity index (χ4v) is 3.48. The Morgan fingerprint density at radius 2 is 1.71 bits per heavy atom. The summed E-state index contributed by atoms with van der Waals surface area (Å²) in [6, 6.07) is 3.23. The average molecular weight is 390 g/mol. The Kier molecular flexibility index (Phi) is 6.70. The number of halogens is 3. The van der Waals surface area contributed by atoms with Gasteiger partial charge in [0.15, 0.2) is 11.6 Å². The lowest BCUT2D eigenvalue weighted by atomic mass is 9.80. The van der Waals surface area contributed by atoms with Crippen molar-refractivity contribution in [2.75, 3.05) is 27.2 Å². The highest BCUT2D eigenvalue weighted by atomic mass is 35.5. The maximum atomic E-state index is 12.4. The van der Waals surface area contributed by atoms with Crippen LogP contribution in [0.25, 0.3) is 0 Å². The molecule has 1 saturated carbocycles. The smallest absolute Gasteiger partial charge is 0.168 e. The molecule has 0 spiro atoms. The number of nitrogens with zero attached hydrogens (tertiary/aromatic N) is 1. The molecule has 0 amide bonds. The van der Waals surface area contributed by atoms with Gasteiger partial charge in [-0.15, -0.1) is 0 Å². The van der Waals surface area contributed by atoms with Gasteiger partial charge in [-0.05, 0) is 31.8 Å². The third kappa shape index (κ3) is 4.51. The van der Waals surface area contributed by atoms with Gasteiger partial charge in [0, 0.05) is 43.1 Å². The number of allylic oxidation sites excluding steroid dienone is 1. The van der Waals surface area contributed by atoms with E-state index in [4.69, 9.17) is 34.8 Å². The van der Waals surface area contributed by atoms with Crippen molar-refractivity contribution >= 4 is 46.4 Å². The van der Waals surface area contributed by atoms with Crippen LogP contribution in [0.1, 0.15) is 24.3 Å². The van der Waals surface area contributed by atoms with Crippen molar-refractivity contribution in [3.05, 3.63) is 44.5 Å². The molecule has 0 aromatic heterocycles. The lowest BCUT2D eigenvalue weighted by Gasteiger charge is -2.24. The summed E-state index contributed by atoms with van der Waals surface area (Å²) in [5, 5.41) is 4.11. The minimum absolute atomic E-state index is 0.187. The topological polar surface area (TPSA) is 49.4 Å². The lowest BCUT2D eigenvalue weighted by molar-refractivity contribution is -0.124. The highest BCUT2D eigenvalue weighted by Crippen LogP contribution is 2.41. The van der Waals surface area contributed by atoms with E-state index < -0.39 is 0 Å². The number of likely N-dealkylation sites (N-methyl/N-ethyl adjacent to an activating group) is 1. The molecular formula is C17H19Cl3N2O2. The number of Topliss-reactive ketones (excluding diaryl/α,β-unsaturated/α-hetero) is 2. The van der Waals surface area contributed by atoms with Crippen molar-refractivity contribution in [2.24, 2.45) is 0 Å². The Bertz CT molecular complexity index is 667.